The maximum atomic E-state index is 12.3. The largest absolute Gasteiger partial charge is 0.459 e. The van der Waals surface area contributed by atoms with E-state index in [2.05, 4.69) is 33.9 Å². The van der Waals surface area contributed by atoms with Gasteiger partial charge in [-0.3, -0.25) is 0 Å². The first-order valence-corrected chi connectivity index (χ1v) is 12.7. The van der Waals surface area contributed by atoms with Gasteiger partial charge in [0.1, 0.15) is 31.0 Å². The van der Waals surface area contributed by atoms with Crippen molar-refractivity contribution in [3.05, 3.63) is 35.9 Å². The van der Waals surface area contributed by atoms with E-state index in [9.17, 15) is 9.90 Å². The van der Waals surface area contributed by atoms with Crippen molar-refractivity contribution in [2.45, 2.75) is 69.6 Å². The van der Waals surface area contributed by atoms with Crippen LogP contribution >= 0.6 is 0 Å². The van der Waals surface area contributed by atoms with E-state index in [1.807, 2.05) is 6.07 Å². The SMILES string of the molecule is CO[C@H]1O[C@H](COC(=O)c2ccccc2)[C@@H](O)[C@@H](O[Si](C)(C)C(C)(C)C)[C@@H]1OC. The van der Waals surface area contributed by atoms with Gasteiger partial charge < -0.3 is 28.5 Å². The summed E-state index contributed by atoms with van der Waals surface area (Å²) in [5, 5.41) is 10.9. The summed E-state index contributed by atoms with van der Waals surface area (Å²) in [5.41, 5.74) is 0.435. The van der Waals surface area contributed by atoms with E-state index in [0.29, 0.717) is 5.56 Å². The van der Waals surface area contributed by atoms with Crippen LogP contribution in [-0.4, -0.2) is 70.9 Å². The average molecular weight is 427 g/mol. The molecule has 0 saturated carbocycles. The zero-order valence-corrected chi connectivity index (χ0v) is 19.4. The number of aliphatic hydroxyl groups excluding tert-OH is 1. The summed E-state index contributed by atoms with van der Waals surface area (Å²) in [7, 11) is 0.817. The van der Waals surface area contributed by atoms with Crippen LogP contribution in [0.25, 0.3) is 0 Å². The highest BCUT2D eigenvalue weighted by molar-refractivity contribution is 6.74. The van der Waals surface area contributed by atoms with Crippen LogP contribution in [0, 0.1) is 0 Å². The molecule has 2 rings (SSSR count). The van der Waals surface area contributed by atoms with Crippen molar-refractivity contribution in [2.24, 2.45) is 0 Å². The Kier molecular flexibility index (Phi) is 8.00. The minimum Gasteiger partial charge on any atom is -0.459 e. The first-order valence-electron chi connectivity index (χ1n) is 9.81. The second kappa shape index (κ2) is 9.68. The minimum absolute atomic E-state index is 0.0544. The third-order valence-electron chi connectivity index (χ3n) is 5.75. The summed E-state index contributed by atoms with van der Waals surface area (Å²) in [6, 6.07) is 8.68. The third-order valence-corrected chi connectivity index (χ3v) is 10.2. The monoisotopic (exact) mass is 426 g/mol. The molecule has 1 saturated heterocycles. The number of hydrogen-bond donors (Lipinski definition) is 1. The molecule has 1 N–H and O–H groups in total. The van der Waals surface area contributed by atoms with E-state index in [4.69, 9.17) is 23.4 Å². The molecular weight excluding hydrogens is 392 g/mol. The van der Waals surface area contributed by atoms with Gasteiger partial charge >= 0.3 is 5.97 Å². The van der Waals surface area contributed by atoms with Gasteiger partial charge in [-0.1, -0.05) is 39.0 Å². The van der Waals surface area contributed by atoms with Gasteiger partial charge in [0.2, 0.25) is 0 Å². The Balaban J connectivity index is 2.16. The maximum Gasteiger partial charge on any atom is 0.338 e. The zero-order valence-electron chi connectivity index (χ0n) is 18.4. The summed E-state index contributed by atoms with van der Waals surface area (Å²) in [6.07, 6.45) is -3.86. The number of aliphatic hydroxyl groups is 1. The van der Waals surface area contributed by atoms with Crippen molar-refractivity contribution >= 4 is 14.3 Å². The molecule has 164 valence electrons. The summed E-state index contributed by atoms with van der Waals surface area (Å²) in [5.74, 6) is -0.480. The predicted octanol–water partition coefficient (Wildman–Crippen LogP) is 2.98. The summed E-state index contributed by atoms with van der Waals surface area (Å²) < 4.78 is 28.7. The number of carbonyl (C=O) groups is 1. The molecule has 0 radical (unpaired) electrons. The summed E-state index contributed by atoms with van der Waals surface area (Å²) in [6.45, 7) is 10.5. The highest BCUT2D eigenvalue weighted by Crippen LogP contribution is 2.39. The molecule has 1 heterocycles. The van der Waals surface area contributed by atoms with Gasteiger partial charge in [-0.2, -0.15) is 0 Å². The minimum atomic E-state index is -2.22. The van der Waals surface area contributed by atoms with E-state index < -0.39 is 45.0 Å². The van der Waals surface area contributed by atoms with Crippen molar-refractivity contribution in [2.75, 3.05) is 20.8 Å². The van der Waals surface area contributed by atoms with Crippen LogP contribution in [0.3, 0.4) is 0 Å². The van der Waals surface area contributed by atoms with Gasteiger partial charge in [0, 0.05) is 14.2 Å². The molecule has 0 bridgehead atoms. The molecule has 29 heavy (non-hydrogen) atoms. The predicted molar refractivity (Wildman–Crippen MR) is 111 cm³/mol. The number of carbonyl (C=O) groups excluding carboxylic acids is 1. The topological polar surface area (TPSA) is 83.5 Å². The lowest BCUT2D eigenvalue weighted by atomic mass is 9.99. The van der Waals surface area contributed by atoms with Gasteiger partial charge in [-0.05, 0) is 30.3 Å². The highest BCUT2D eigenvalue weighted by atomic mass is 28.4. The number of esters is 1. The van der Waals surface area contributed by atoms with Crippen molar-refractivity contribution < 1.29 is 33.3 Å². The van der Waals surface area contributed by atoms with Gasteiger partial charge in [-0.15, -0.1) is 0 Å². The summed E-state index contributed by atoms with van der Waals surface area (Å²) in [4.78, 5) is 12.3. The normalized spacial score (nSPS) is 28.2. The highest BCUT2D eigenvalue weighted by Gasteiger charge is 2.51. The second-order valence-corrected chi connectivity index (χ2v) is 13.5. The van der Waals surface area contributed by atoms with E-state index in [0.717, 1.165) is 0 Å². The Morgan fingerprint density at radius 3 is 2.24 bits per heavy atom. The third kappa shape index (κ3) is 5.65. The second-order valence-electron chi connectivity index (χ2n) is 8.78. The van der Waals surface area contributed by atoms with Crippen LogP contribution in [-0.2, 0) is 23.4 Å². The lowest BCUT2D eigenvalue weighted by Crippen LogP contribution is -2.63. The Morgan fingerprint density at radius 1 is 1.10 bits per heavy atom. The van der Waals surface area contributed by atoms with Gasteiger partial charge in [0.05, 0.1) is 5.56 Å². The first kappa shape index (κ1) is 24.0. The molecule has 5 atom stereocenters. The maximum absolute atomic E-state index is 12.3. The Hall–Kier alpha value is -1.29. The van der Waals surface area contributed by atoms with E-state index >= 15 is 0 Å². The molecule has 8 heteroatoms. The van der Waals surface area contributed by atoms with Crippen molar-refractivity contribution in [3.8, 4) is 0 Å². The fourth-order valence-corrected chi connectivity index (χ4v) is 4.24. The molecule has 1 aliphatic heterocycles. The number of benzene rings is 1. The van der Waals surface area contributed by atoms with Gasteiger partial charge in [0.25, 0.3) is 0 Å². The van der Waals surface area contributed by atoms with Crippen molar-refractivity contribution in [3.63, 3.8) is 0 Å². The number of ether oxygens (including phenoxy) is 4. The smallest absolute Gasteiger partial charge is 0.338 e. The summed E-state index contributed by atoms with van der Waals surface area (Å²) >= 11 is 0. The molecule has 1 aromatic rings. The van der Waals surface area contributed by atoms with Crippen LogP contribution in [0.1, 0.15) is 31.1 Å². The van der Waals surface area contributed by atoms with Crippen LogP contribution in [0.5, 0.6) is 0 Å². The molecular formula is C21H34O7Si. The molecule has 0 aromatic heterocycles. The first-order chi connectivity index (χ1) is 13.5. The fraction of sp³-hybridized carbons (Fsp3) is 0.667. The van der Waals surface area contributed by atoms with Crippen molar-refractivity contribution in [1.82, 2.24) is 0 Å². The van der Waals surface area contributed by atoms with Crippen LogP contribution in [0.2, 0.25) is 18.1 Å². The molecule has 0 spiro atoms. The van der Waals surface area contributed by atoms with E-state index in [1.54, 1.807) is 24.3 Å². The number of hydrogen-bond acceptors (Lipinski definition) is 7. The molecule has 1 aromatic carbocycles. The van der Waals surface area contributed by atoms with Crippen LogP contribution < -0.4 is 0 Å². The lowest BCUT2D eigenvalue weighted by molar-refractivity contribution is -0.296. The molecule has 1 fully saturated rings. The number of rotatable bonds is 7. The lowest BCUT2D eigenvalue weighted by Gasteiger charge is -2.48. The quantitative estimate of drug-likeness (QED) is 0.530. The molecule has 7 nitrogen and oxygen atoms in total. The van der Waals surface area contributed by atoms with Crippen LogP contribution in [0.15, 0.2) is 30.3 Å². The molecule has 1 aliphatic rings. The zero-order chi connectivity index (χ0) is 21.8. The fourth-order valence-electron chi connectivity index (χ4n) is 2.93. The Morgan fingerprint density at radius 2 is 1.72 bits per heavy atom. The Bertz CT molecular complexity index is 659. The molecule has 0 amide bonds. The standard InChI is InChI=1S/C21H34O7Si/c1-21(2,3)29(6,7)28-17-16(22)15(27-20(25-5)18(17)24-4)13-26-19(23)14-11-9-8-10-12-14/h8-12,15-18,20,22H,13H2,1-7H3/t15-,16-,17-,18+,20+/m1/s1. The molecule has 0 unspecified atom stereocenters. The average Bonchev–Trinajstić information content (AvgIpc) is 2.67. The van der Waals surface area contributed by atoms with Crippen LogP contribution in [0.4, 0.5) is 0 Å². The Labute approximate surface area is 174 Å². The number of methoxy groups -OCH3 is 2. The van der Waals surface area contributed by atoms with Crippen molar-refractivity contribution in [1.29, 1.82) is 0 Å². The van der Waals surface area contributed by atoms with E-state index in [1.165, 1.54) is 14.2 Å². The van der Waals surface area contributed by atoms with Gasteiger partial charge in [0.15, 0.2) is 14.6 Å². The van der Waals surface area contributed by atoms with E-state index in [-0.39, 0.29) is 11.6 Å². The molecule has 0 aliphatic carbocycles. The van der Waals surface area contributed by atoms with Gasteiger partial charge in [-0.25, -0.2) is 4.79 Å².